The van der Waals surface area contributed by atoms with E-state index in [0.717, 1.165) is 43.1 Å². The van der Waals surface area contributed by atoms with Crippen molar-refractivity contribution in [2.24, 2.45) is 0 Å². The van der Waals surface area contributed by atoms with Crippen molar-refractivity contribution >= 4 is 21.5 Å². The number of sulfonamides is 1. The lowest BCUT2D eigenvalue weighted by Gasteiger charge is -2.36. The fraction of sp³-hybridized carbons (Fsp3) is 0.360. The molecule has 0 amide bonds. The first kappa shape index (κ1) is 22.8. The molecule has 0 aliphatic carbocycles. The van der Waals surface area contributed by atoms with E-state index in [4.69, 9.17) is 4.74 Å². The fourth-order valence-electron chi connectivity index (χ4n) is 4.44. The molecule has 2 aliphatic heterocycles. The molecule has 0 spiro atoms. The third-order valence-corrected chi connectivity index (χ3v) is 8.49. The molecule has 2 aromatic carbocycles. The molecule has 0 unspecified atom stereocenters. The van der Waals surface area contributed by atoms with Crippen molar-refractivity contribution < 1.29 is 13.2 Å². The second kappa shape index (κ2) is 9.69. The number of nitrogens with zero attached hydrogens (tertiary/aromatic N) is 5. The Bertz CT molecular complexity index is 1220. The number of benzene rings is 2. The number of anilines is 2. The molecule has 3 aromatic rings. The molecular weight excluding hydrogens is 450 g/mol. The molecule has 5 rings (SSSR count). The first-order valence-electron chi connectivity index (χ1n) is 11.6. The quantitative estimate of drug-likeness (QED) is 0.557. The lowest BCUT2D eigenvalue weighted by molar-refractivity contribution is 0.0730. The highest BCUT2D eigenvalue weighted by molar-refractivity contribution is 7.89. The minimum Gasteiger partial charge on any atom is -0.379 e. The number of para-hydroxylation sites is 1. The normalized spacial score (nSPS) is 17.7. The Kier molecular flexibility index (Phi) is 6.49. The smallest absolute Gasteiger partial charge is 0.243 e. The highest BCUT2D eigenvalue weighted by Crippen LogP contribution is 2.27. The van der Waals surface area contributed by atoms with Crippen LogP contribution in [0.5, 0.6) is 0 Å². The van der Waals surface area contributed by atoms with Crippen LogP contribution in [0.1, 0.15) is 5.56 Å². The van der Waals surface area contributed by atoms with Gasteiger partial charge in [0.15, 0.2) is 5.82 Å². The molecule has 2 fully saturated rings. The van der Waals surface area contributed by atoms with Crippen LogP contribution in [0.3, 0.4) is 0 Å². The van der Waals surface area contributed by atoms with Crippen LogP contribution < -0.4 is 9.80 Å². The number of aromatic nitrogens is 2. The summed E-state index contributed by atoms with van der Waals surface area (Å²) in [5, 5.41) is 8.89. The number of hydrogen-bond acceptors (Lipinski definition) is 7. The van der Waals surface area contributed by atoms with Crippen molar-refractivity contribution in [1.82, 2.24) is 14.5 Å². The van der Waals surface area contributed by atoms with E-state index in [0.29, 0.717) is 36.9 Å². The lowest BCUT2D eigenvalue weighted by Crippen LogP contribution is -2.46. The minimum atomic E-state index is -3.58. The molecule has 3 heterocycles. The third kappa shape index (κ3) is 4.64. The van der Waals surface area contributed by atoms with Gasteiger partial charge in [0.2, 0.25) is 10.0 Å². The van der Waals surface area contributed by atoms with E-state index in [-0.39, 0.29) is 0 Å². The Morgan fingerprint density at radius 1 is 0.794 bits per heavy atom. The van der Waals surface area contributed by atoms with Gasteiger partial charge in [-0.05, 0) is 42.8 Å². The molecule has 0 N–H and O–H groups in total. The van der Waals surface area contributed by atoms with E-state index >= 15 is 0 Å². The Morgan fingerprint density at radius 2 is 1.50 bits per heavy atom. The van der Waals surface area contributed by atoms with Gasteiger partial charge in [0.1, 0.15) is 0 Å². The Morgan fingerprint density at radius 3 is 2.18 bits per heavy atom. The number of piperazine rings is 1. The molecule has 2 aliphatic rings. The van der Waals surface area contributed by atoms with Gasteiger partial charge < -0.3 is 14.5 Å². The average Bonchev–Trinajstić information content (AvgIpc) is 2.90. The first-order valence-corrected chi connectivity index (χ1v) is 13.0. The van der Waals surface area contributed by atoms with Crippen LogP contribution in [0.25, 0.3) is 11.3 Å². The molecular formula is C25H29N5O3S. The average molecular weight is 480 g/mol. The number of aryl methyl sites for hydroxylation is 1. The van der Waals surface area contributed by atoms with Gasteiger partial charge in [0.25, 0.3) is 0 Å². The van der Waals surface area contributed by atoms with Crippen molar-refractivity contribution in [3.05, 3.63) is 66.2 Å². The number of hydrogen-bond donors (Lipinski definition) is 0. The van der Waals surface area contributed by atoms with Gasteiger partial charge in [-0.3, -0.25) is 0 Å². The first-order chi connectivity index (χ1) is 16.5. The fourth-order valence-corrected chi connectivity index (χ4v) is 6.10. The van der Waals surface area contributed by atoms with E-state index in [2.05, 4.69) is 44.3 Å². The molecule has 178 valence electrons. The summed E-state index contributed by atoms with van der Waals surface area (Å²) in [4.78, 5) is 4.93. The molecule has 2 saturated heterocycles. The summed E-state index contributed by atoms with van der Waals surface area (Å²) < 4.78 is 33.2. The van der Waals surface area contributed by atoms with Gasteiger partial charge >= 0.3 is 0 Å². The highest BCUT2D eigenvalue weighted by Gasteiger charge is 2.28. The Labute approximate surface area is 200 Å². The molecule has 0 bridgehead atoms. The van der Waals surface area contributed by atoms with E-state index in [9.17, 15) is 8.42 Å². The van der Waals surface area contributed by atoms with Gasteiger partial charge in [0, 0.05) is 50.5 Å². The molecule has 8 nitrogen and oxygen atoms in total. The summed E-state index contributed by atoms with van der Waals surface area (Å²) >= 11 is 0. The third-order valence-electron chi connectivity index (χ3n) is 6.45. The summed E-state index contributed by atoms with van der Waals surface area (Å²) in [6, 6.07) is 19.8. The summed E-state index contributed by atoms with van der Waals surface area (Å²) in [7, 11) is -3.58. The molecule has 9 heteroatoms. The molecule has 0 atom stereocenters. The Balaban J connectivity index is 1.31. The zero-order valence-electron chi connectivity index (χ0n) is 19.3. The van der Waals surface area contributed by atoms with Crippen LogP contribution in [0.2, 0.25) is 0 Å². The van der Waals surface area contributed by atoms with E-state index in [1.54, 1.807) is 6.07 Å². The molecule has 1 aromatic heterocycles. The van der Waals surface area contributed by atoms with Crippen molar-refractivity contribution in [2.75, 3.05) is 62.3 Å². The second-order valence-electron chi connectivity index (χ2n) is 8.58. The van der Waals surface area contributed by atoms with Crippen LogP contribution in [-0.4, -0.2) is 75.4 Å². The van der Waals surface area contributed by atoms with Crippen LogP contribution in [0, 0.1) is 6.92 Å². The van der Waals surface area contributed by atoms with Crippen molar-refractivity contribution in [3.8, 4) is 11.3 Å². The van der Waals surface area contributed by atoms with Gasteiger partial charge in [-0.15, -0.1) is 10.2 Å². The maximum absolute atomic E-state index is 13.2. The molecule has 0 radical (unpaired) electrons. The van der Waals surface area contributed by atoms with Gasteiger partial charge in [0.05, 0.1) is 23.8 Å². The summed E-state index contributed by atoms with van der Waals surface area (Å²) in [5.41, 5.74) is 3.36. The van der Waals surface area contributed by atoms with E-state index in [1.807, 2.05) is 37.3 Å². The number of ether oxygens (including phenoxy) is 1. The Hall–Kier alpha value is -3.01. The minimum absolute atomic E-state index is 0.315. The predicted octanol–water partition coefficient (Wildman–Crippen LogP) is 2.80. The van der Waals surface area contributed by atoms with Crippen LogP contribution in [-0.2, 0) is 14.8 Å². The summed E-state index contributed by atoms with van der Waals surface area (Å²) in [6.45, 7) is 7.00. The van der Waals surface area contributed by atoms with Crippen molar-refractivity contribution in [2.45, 2.75) is 11.8 Å². The summed E-state index contributed by atoms with van der Waals surface area (Å²) in [6.07, 6.45) is 0. The molecule has 34 heavy (non-hydrogen) atoms. The van der Waals surface area contributed by atoms with Gasteiger partial charge in [-0.1, -0.05) is 30.3 Å². The lowest BCUT2D eigenvalue weighted by atomic mass is 10.1. The predicted molar refractivity (Wildman–Crippen MR) is 133 cm³/mol. The van der Waals surface area contributed by atoms with Crippen LogP contribution in [0.15, 0.2) is 65.6 Å². The number of morpholine rings is 1. The monoisotopic (exact) mass is 479 g/mol. The zero-order valence-corrected chi connectivity index (χ0v) is 20.1. The van der Waals surface area contributed by atoms with Gasteiger partial charge in [-0.25, -0.2) is 8.42 Å². The van der Waals surface area contributed by atoms with E-state index < -0.39 is 10.0 Å². The highest BCUT2D eigenvalue weighted by atomic mass is 32.2. The SMILES string of the molecule is Cc1ccc(-c2ccc(N3CCN(c4ccccc4)CC3)nn2)cc1S(=O)(=O)N1CCOCC1. The van der Waals surface area contributed by atoms with Crippen molar-refractivity contribution in [1.29, 1.82) is 0 Å². The zero-order chi connectivity index (χ0) is 23.5. The van der Waals surface area contributed by atoms with Crippen LogP contribution in [0.4, 0.5) is 11.5 Å². The van der Waals surface area contributed by atoms with E-state index in [1.165, 1.54) is 9.99 Å². The second-order valence-corrected chi connectivity index (χ2v) is 10.5. The largest absolute Gasteiger partial charge is 0.379 e. The van der Waals surface area contributed by atoms with Crippen LogP contribution >= 0.6 is 0 Å². The standard InChI is InChI=1S/C25H29N5O3S/c1-20-7-8-21(19-24(20)34(31,32)30-15-17-33-18-16-30)23-9-10-25(27-26-23)29-13-11-28(12-14-29)22-5-3-2-4-6-22/h2-10,19H,11-18H2,1H3. The summed E-state index contributed by atoms with van der Waals surface area (Å²) in [5.74, 6) is 0.838. The topological polar surface area (TPSA) is 78.9 Å². The maximum atomic E-state index is 13.2. The molecule has 0 saturated carbocycles. The maximum Gasteiger partial charge on any atom is 0.243 e. The van der Waals surface area contributed by atoms with Gasteiger partial charge in [-0.2, -0.15) is 4.31 Å². The number of rotatable bonds is 5. The van der Waals surface area contributed by atoms with Crippen molar-refractivity contribution in [3.63, 3.8) is 0 Å².